The summed E-state index contributed by atoms with van der Waals surface area (Å²) in [6.07, 6.45) is 0.567. The van der Waals surface area contributed by atoms with Crippen molar-refractivity contribution in [1.29, 1.82) is 0 Å². The Labute approximate surface area is 125 Å². The number of nitrogens with one attached hydrogen (secondary N) is 1. The van der Waals surface area contributed by atoms with E-state index in [-0.39, 0.29) is 23.5 Å². The molecular formula is C14H23N3O3S. The van der Waals surface area contributed by atoms with Crippen LogP contribution in [0.2, 0.25) is 0 Å². The Morgan fingerprint density at radius 2 is 2.10 bits per heavy atom. The summed E-state index contributed by atoms with van der Waals surface area (Å²) in [7, 11) is -2.97. The first-order valence-corrected chi connectivity index (χ1v) is 9.07. The van der Waals surface area contributed by atoms with Gasteiger partial charge in [-0.3, -0.25) is 9.48 Å². The quantitative estimate of drug-likeness (QED) is 0.907. The van der Waals surface area contributed by atoms with Crippen molar-refractivity contribution >= 4 is 15.7 Å². The fourth-order valence-corrected chi connectivity index (χ4v) is 4.39. The predicted molar refractivity (Wildman–Crippen MR) is 81.2 cm³/mol. The summed E-state index contributed by atoms with van der Waals surface area (Å²) < 4.78 is 24.9. The highest BCUT2D eigenvalue weighted by atomic mass is 32.2. The Morgan fingerprint density at radius 3 is 2.62 bits per heavy atom. The number of nitrogens with zero attached hydrogens (tertiary/aromatic N) is 2. The molecule has 2 rings (SSSR count). The van der Waals surface area contributed by atoms with Gasteiger partial charge < -0.3 is 5.32 Å². The van der Waals surface area contributed by atoms with E-state index in [0.717, 1.165) is 5.69 Å². The maximum Gasteiger partial charge on any atom is 0.255 e. The van der Waals surface area contributed by atoms with Gasteiger partial charge in [-0.2, -0.15) is 5.10 Å². The molecule has 1 atom stereocenters. The van der Waals surface area contributed by atoms with Gasteiger partial charge in [0.05, 0.1) is 28.8 Å². The fourth-order valence-electron chi connectivity index (χ4n) is 2.70. The second-order valence-electron chi connectivity index (χ2n) is 6.15. The van der Waals surface area contributed by atoms with E-state index in [1.165, 1.54) is 0 Å². The molecule has 1 aromatic heterocycles. The van der Waals surface area contributed by atoms with Crippen molar-refractivity contribution in [2.24, 2.45) is 5.92 Å². The summed E-state index contributed by atoms with van der Waals surface area (Å²) >= 11 is 0. The molecule has 21 heavy (non-hydrogen) atoms. The summed E-state index contributed by atoms with van der Waals surface area (Å²) in [4.78, 5) is 12.3. The largest absolute Gasteiger partial charge is 0.352 e. The maximum absolute atomic E-state index is 12.3. The molecule has 1 aliphatic heterocycles. The van der Waals surface area contributed by atoms with Gasteiger partial charge in [0.25, 0.3) is 5.91 Å². The van der Waals surface area contributed by atoms with Crippen LogP contribution in [0.3, 0.4) is 0 Å². The first kappa shape index (κ1) is 16.0. The molecule has 7 heteroatoms. The van der Waals surface area contributed by atoms with E-state index in [1.807, 2.05) is 20.8 Å². The zero-order valence-corrected chi connectivity index (χ0v) is 13.8. The first-order valence-electron chi connectivity index (χ1n) is 7.25. The molecule has 0 unspecified atom stereocenters. The van der Waals surface area contributed by atoms with Gasteiger partial charge >= 0.3 is 0 Å². The van der Waals surface area contributed by atoms with E-state index in [0.29, 0.717) is 30.1 Å². The van der Waals surface area contributed by atoms with Crippen molar-refractivity contribution in [3.8, 4) is 0 Å². The van der Waals surface area contributed by atoms with E-state index >= 15 is 0 Å². The molecule has 2 heterocycles. The molecule has 0 saturated carbocycles. The smallest absolute Gasteiger partial charge is 0.255 e. The Morgan fingerprint density at radius 1 is 1.43 bits per heavy atom. The van der Waals surface area contributed by atoms with Crippen LogP contribution in [-0.4, -0.2) is 42.2 Å². The summed E-state index contributed by atoms with van der Waals surface area (Å²) in [5.74, 6) is 0.558. The third kappa shape index (κ3) is 3.45. The van der Waals surface area contributed by atoms with Gasteiger partial charge in [-0.15, -0.1) is 0 Å². The molecule has 0 aromatic carbocycles. The molecule has 1 N–H and O–H groups in total. The average Bonchev–Trinajstić information content (AvgIpc) is 2.86. The topological polar surface area (TPSA) is 81.1 Å². The fraction of sp³-hybridized carbons (Fsp3) is 0.714. The van der Waals surface area contributed by atoms with Gasteiger partial charge in [0, 0.05) is 12.2 Å². The molecule has 6 nitrogen and oxygen atoms in total. The lowest BCUT2D eigenvalue weighted by Crippen LogP contribution is -2.28. The number of hydrogen-bond acceptors (Lipinski definition) is 4. The summed E-state index contributed by atoms with van der Waals surface area (Å²) in [5, 5.41) is 7.29. The van der Waals surface area contributed by atoms with Crippen molar-refractivity contribution < 1.29 is 13.2 Å². The highest BCUT2D eigenvalue weighted by Gasteiger charge is 2.32. The molecule has 118 valence electrons. The van der Waals surface area contributed by atoms with Gasteiger partial charge in [-0.25, -0.2) is 8.42 Å². The monoisotopic (exact) mass is 313 g/mol. The van der Waals surface area contributed by atoms with Gasteiger partial charge in [0.2, 0.25) is 0 Å². The van der Waals surface area contributed by atoms with E-state index in [9.17, 15) is 13.2 Å². The number of rotatable bonds is 4. The minimum Gasteiger partial charge on any atom is -0.352 e. The molecule has 1 saturated heterocycles. The Hall–Kier alpha value is -1.37. The highest BCUT2D eigenvalue weighted by molar-refractivity contribution is 7.91. The van der Waals surface area contributed by atoms with Crippen molar-refractivity contribution in [1.82, 2.24) is 15.1 Å². The van der Waals surface area contributed by atoms with Crippen LogP contribution < -0.4 is 5.32 Å². The normalized spacial score (nSPS) is 20.9. The van der Waals surface area contributed by atoms with Crippen LogP contribution >= 0.6 is 0 Å². The van der Waals surface area contributed by atoms with Crippen LogP contribution in [0.15, 0.2) is 0 Å². The number of hydrogen-bond donors (Lipinski definition) is 1. The molecule has 0 spiro atoms. The second kappa shape index (κ2) is 5.79. The molecule has 1 amide bonds. The van der Waals surface area contributed by atoms with Crippen LogP contribution in [0.4, 0.5) is 0 Å². The molecule has 1 aliphatic rings. The lowest BCUT2D eigenvalue weighted by atomic mass is 10.1. The zero-order valence-electron chi connectivity index (χ0n) is 13.0. The maximum atomic E-state index is 12.3. The van der Waals surface area contributed by atoms with Gasteiger partial charge in [0.15, 0.2) is 9.84 Å². The second-order valence-corrected chi connectivity index (χ2v) is 8.38. The van der Waals surface area contributed by atoms with E-state index in [1.54, 1.807) is 11.6 Å². The third-order valence-corrected chi connectivity index (χ3v) is 5.53. The summed E-state index contributed by atoms with van der Waals surface area (Å²) in [6.45, 7) is 8.30. The highest BCUT2D eigenvalue weighted by Crippen LogP contribution is 2.26. The molecule has 1 fully saturated rings. The summed E-state index contributed by atoms with van der Waals surface area (Å²) in [6, 6.07) is -0.152. The lowest BCUT2D eigenvalue weighted by molar-refractivity contribution is 0.0947. The van der Waals surface area contributed by atoms with E-state index < -0.39 is 9.84 Å². The first-order chi connectivity index (χ1) is 9.71. The molecule has 0 aliphatic carbocycles. The minimum absolute atomic E-state index is 0.113. The van der Waals surface area contributed by atoms with Gasteiger partial charge in [0.1, 0.15) is 0 Å². The predicted octanol–water partition coefficient (Wildman–Crippen LogP) is 1.25. The van der Waals surface area contributed by atoms with Crippen molar-refractivity contribution in [3.63, 3.8) is 0 Å². The number of aromatic nitrogens is 2. The van der Waals surface area contributed by atoms with Crippen molar-refractivity contribution in [2.45, 2.75) is 40.2 Å². The zero-order chi connectivity index (χ0) is 15.8. The average molecular weight is 313 g/mol. The van der Waals surface area contributed by atoms with Gasteiger partial charge in [-0.05, 0) is 26.2 Å². The van der Waals surface area contributed by atoms with Crippen LogP contribution in [0.5, 0.6) is 0 Å². The lowest BCUT2D eigenvalue weighted by Gasteiger charge is -2.12. The van der Waals surface area contributed by atoms with Crippen molar-refractivity contribution in [2.75, 3.05) is 18.1 Å². The van der Waals surface area contributed by atoms with E-state index in [2.05, 4.69) is 10.4 Å². The molecular weight excluding hydrogens is 290 g/mol. The number of amides is 1. The van der Waals surface area contributed by atoms with E-state index in [4.69, 9.17) is 0 Å². The standard InChI is InChI=1S/C14H23N3O3S/c1-9(2)7-15-14(18)13-10(3)16-17(11(13)4)12-5-6-21(19,20)8-12/h9,12H,5-8H2,1-4H3,(H,15,18)/t12-/m0/s1. The molecule has 0 bridgehead atoms. The Balaban J connectivity index is 2.24. The third-order valence-electron chi connectivity index (χ3n) is 3.78. The number of sulfone groups is 1. The Kier molecular flexibility index (Phi) is 4.41. The van der Waals surface area contributed by atoms with Crippen LogP contribution in [0, 0.1) is 19.8 Å². The number of carbonyl (C=O) groups is 1. The SMILES string of the molecule is Cc1nn([C@H]2CCS(=O)(=O)C2)c(C)c1C(=O)NCC(C)C. The number of carbonyl (C=O) groups excluding carboxylic acids is 1. The van der Waals surface area contributed by atoms with Crippen LogP contribution in [0.1, 0.15) is 48.1 Å². The Bertz CT molecular complexity index is 647. The van der Waals surface area contributed by atoms with Gasteiger partial charge in [-0.1, -0.05) is 13.8 Å². The molecule has 1 aromatic rings. The number of aryl methyl sites for hydroxylation is 1. The minimum atomic E-state index is -2.97. The van der Waals surface area contributed by atoms with Crippen molar-refractivity contribution in [3.05, 3.63) is 17.0 Å². The molecule has 0 radical (unpaired) electrons. The summed E-state index contributed by atoms with van der Waals surface area (Å²) in [5.41, 5.74) is 1.97. The van der Waals surface area contributed by atoms with Crippen LogP contribution in [-0.2, 0) is 9.84 Å². The van der Waals surface area contributed by atoms with Crippen LogP contribution in [0.25, 0.3) is 0 Å².